The molecule has 0 aromatic heterocycles. The SMILES string of the molecule is CC(=O)COC(=O)CN(CC(=O)O)c1ccccc1OCCOc1ccccc1N(CC(=O)O)CC(=O)O. The summed E-state index contributed by atoms with van der Waals surface area (Å²) in [6.45, 7) is -1.31. The van der Waals surface area contributed by atoms with Crippen LogP contribution in [-0.2, 0) is 28.7 Å². The van der Waals surface area contributed by atoms with E-state index in [4.69, 9.17) is 24.4 Å². The first-order valence-corrected chi connectivity index (χ1v) is 11.3. The lowest BCUT2D eigenvalue weighted by Crippen LogP contribution is -2.36. The van der Waals surface area contributed by atoms with E-state index in [1.807, 2.05) is 0 Å². The second-order valence-corrected chi connectivity index (χ2v) is 7.89. The second kappa shape index (κ2) is 14.7. The minimum absolute atomic E-state index is 0.0289. The highest BCUT2D eigenvalue weighted by molar-refractivity contribution is 5.84. The van der Waals surface area contributed by atoms with Crippen LogP contribution in [0.25, 0.3) is 0 Å². The topological polar surface area (TPSA) is 180 Å². The highest BCUT2D eigenvalue weighted by Gasteiger charge is 2.20. The summed E-state index contributed by atoms with van der Waals surface area (Å²) >= 11 is 0. The van der Waals surface area contributed by atoms with Gasteiger partial charge in [-0.05, 0) is 31.2 Å². The van der Waals surface area contributed by atoms with E-state index in [0.717, 1.165) is 4.90 Å². The highest BCUT2D eigenvalue weighted by Crippen LogP contribution is 2.29. The van der Waals surface area contributed by atoms with Gasteiger partial charge in [-0.3, -0.25) is 24.0 Å². The average Bonchev–Trinajstić information content (AvgIpc) is 2.84. The third-order valence-electron chi connectivity index (χ3n) is 4.75. The van der Waals surface area contributed by atoms with Crippen LogP contribution < -0.4 is 19.3 Å². The molecule has 0 saturated heterocycles. The molecule has 2 rings (SSSR count). The van der Waals surface area contributed by atoms with E-state index in [0.29, 0.717) is 5.69 Å². The van der Waals surface area contributed by atoms with Crippen molar-refractivity contribution in [1.29, 1.82) is 0 Å². The molecular formula is C25H28N2O11. The fourth-order valence-electron chi connectivity index (χ4n) is 3.31. The largest absolute Gasteiger partial charge is 0.488 e. The number of carboxylic acid groups (broad SMARTS) is 3. The van der Waals surface area contributed by atoms with E-state index < -0.39 is 56.7 Å². The monoisotopic (exact) mass is 532 g/mol. The van der Waals surface area contributed by atoms with Crippen molar-refractivity contribution in [3.8, 4) is 11.5 Å². The molecule has 0 radical (unpaired) electrons. The molecule has 0 aliphatic carbocycles. The predicted molar refractivity (Wildman–Crippen MR) is 133 cm³/mol. The van der Waals surface area contributed by atoms with Gasteiger partial charge in [-0.25, -0.2) is 0 Å². The number of Topliss-reactive ketones (excluding diaryl/α,β-unsaturated/α-hetero) is 1. The molecular weight excluding hydrogens is 504 g/mol. The Morgan fingerprint density at radius 3 is 1.45 bits per heavy atom. The van der Waals surface area contributed by atoms with E-state index in [1.54, 1.807) is 42.5 Å². The highest BCUT2D eigenvalue weighted by atomic mass is 16.5. The van der Waals surface area contributed by atoms with Crippen molar-refractivity contribution in [2.75, 3.05) is 55.8 Å². The van der Waals surface area contributed by atoms with Gasteiger partial charge in [0.1, 0.15) is 57.5 Å². The van der Waals surface area contributed by atoms with E-state index in [9.17, 15) is 29.1 Å². The Kier molecular flexibility index (Phi) is 11.4. The number of hydrogen-bond donors (Lipinski definition) is 3. The zero-order chi connectivity index (χ0) is 28.1. The lowest BCUT2D eigenvalue weighted by Gasteiger charge is -2.25. The molecule has 0 atom stereocenters. The van der Waals surface area contributed by atoms with E-state index in [2.05, 4.69) is 0 Å². The summed E-state index contributed by atoms with van der Waals surface area (Å²) in [6, 6.07) is 12.8. The number of benzene rings is 2. The van der Waals surface area contributed by atoms with Gasteiger partial charge in [-0.15, -0.1) is 0 Å². The van der Waals surface area contributed by atoms with E-state index >= 15 is 0 Å². The molecule has 13 heteroatoms. The van der Waals surface area contributed by atoms with Gasteiger partial charge in [-0.1, -0.05) is 24.3 Å². The zero-order valence-corrected chi connectivity index (χ0v) is 20.6. The summed E-state index contributed by atoms with van der Waals surface area (Å²) in [6.07, 6.45) is 0. The summed E-state index contributed by atoms with van der Waals surface area (Å²) in [5.41, 5.74) is 0.568. The van der Waals surface area contributed by atoms with Crippen LogP contribution >= 0.6 is 0 Å². The Balaban J connectivity index is 2.10. The van der Waals surface area contributed by atoms with E-state index in [1.165, 1.54) is 17.9 Å². The van der Waals surface area contributed by atoms with Crippen molar-refractivity contribution in [3.05, 3.63) is 48.5 Å². The van der Waals surface area contributed by atoms with Crippen molar-refractivity contribution >= 4 is 41.0 Å². The fraction of sp³-hybridized carbons (Fsp3) is 0.320. The third-order valence-corrected chi connectivity index (χ3v) is 4.75. The van der Waals surface area contributed by atoms with Crippen LogP contribution in [-0.4, -0.2) is 91.0 Å². The first-order valence-electron chi connectivity index (χ1n) is 11.3. The van der Waals surface area contributed by atoms with Gasteiger partial charge in [0.15, 0.2) is 5.78 Å². The normalized spacial score (nSPS) is 10.2. The first-order chi connectivity index (χ1) is 18.1. The molecule has 13 nitrogen and oxygen atoms in total. The number of anilines is 2. The number of rotatable bonds is 17. The molecule has 0 saturated carbocycles. The minimum Gasteiger partial charge on any atom is -0.488 e. The van der Waals surface area contributed by atoms with Crippen molar-refractivity contribution in [1.82, 2.24) is 0 Å². The molecule has 2 aromatic carbocycles. The number of carbonyl (C=O) groups is 5. The maximum Gasteiger partial charge on any atom is 0.325 e. The molecule has 0 heterocycles. The first kappa shape index (κ1) is 29.4. The average molecular weight is 533 g/mol. The van der Waals surface area contributed by atoms with Crippen molar-refractivity contribution in [2.45, 2.75) is 6.92 Å². The Labute approximate surface area is 217 Å². The number of nitrogens with zero attached hydrogens (tertiary/aromatic N) is 2. The molecule has 0 unspecified atom stereocenters. The lowest BCUT2D eigenvalue weighted by molar-refractivity contribution is -0.146. The Hall–Kier alpha value is -4.81. The Morgan fingerprint density at radius 2 is 1.05 bits per heavy atom. The standard InChI is InChI=1S/C25H28N2O11/c1-17(28)16-38-25(35)15-27(14-24(33)34)19-7-3-5-9-21(19)37-11-10-36-20-8-4-2-6-18(20)26(12-22(29)30)13-23(31)32/h2-9H,10-16H2,1H3,(H,29,30)(H,31,32)(H,33,34). The second-order valence-electron chi connectivity index (χ2n) is 7.89. The maximum atomic E-state index is 12.1. The van der Waals surface area contributed by atoms with Crippen LogP contribution in [0.1, 0.15) is 6.92 Å². The van der Waals surface area contributed by atoms with E-state index in [-0.39, 0.29) is 36.2 Å². The lowest BCUT2D eigenvalue weighted by atomic mass is 10.2. The van der Waals surface area contributed by atoms with Gasteiger partial charge in [0, 0.05) is 0 Å². The summed E-state index contributed by atoms with van der Waals surface area (Å²) in [5.74, 6) is -4.28. The molecule has 0 aliphatic heterocycles. The molecule has 2 aromatic rings. The van der Waals surface area contributed by atoms with Crippen LogP contribution in [0.4, 0.5) is 11.4 Å². The number of hydrogen-bond acceptors (Lipinski definition) is 10. The van der Waals surface area contributed by atoms with Gasteiger partial charge in [-0.2, -0.15) is 0 Å². The summed E-state index contributed by atoms with van der Waals surface area (Å²) in [4.78, 5) is 59.3. The van der Waals surface area contributed by atoms with Crippen LogP contribution in [0.2, 0.25) is 0 Å². The van der Waals surface area contributed by atoms with Crippen molar-refractivity contribution < 1.29 is 53.5 Å². The molecule has 3 N–H and O–H groups in total. The number of ether oxygens (including phenoxy) is 3. The van der Waals surface area contributed by atoms with Gasteiger partial charge >= 0.3 is 23.9 Å². The van der Waals surface area contributed by atoms with Gasteiger partial charge in [0.05, 0.1) is 11.4 Å². The van der Waals surface area contributed by atoms with Crippen LogP contribution in [0.15, 0.2) is 48.5 Å². The number of carboxylic acids is 3. The summed E-state index contributed by atoms with van der Waals surface area (Å²) in [7, 11) is 0. The minimum atomic E-state index is -1.21. The van der Waals surface area contributed by atoms with Gasteiger partial charge in [0.25, 0.3) is 0 Å². The number of esters is 1. The quantitative estimate of drug-likeness (QED) is 0.195. The predicted octanol–water partition coefficient (Wildman–Crippen LogP) is 1.14. The molecule has 204 valence electrons. The number of ketones is 1. The number of aliphatic carboxylic acids is 3. The molecule has 0 fully saturated rings. The van der Waals surface area contributed by atoms with Gasteiger partial charge < -0.3 is 39.3 Å². The third kappa shape index (κ3) is 10.0. The van der Waals surface area contributed by atoms with Gasteiger partial charge in [0.2, 0.25) is 0 Å². The Bertz CT molecular complexity index is 1140. The molecule has 0 spiro atoms. The smallest absolute Gasteiger partial charge is 0.325 e. The fourth-order valence-corrected chi connectivity index (χ4v) is 3.31. The van der Waals surface area contributed by atoms with Crippen LogP contribution in [0.3, 0.4) is 0 Å². The number of carbonyl (C=O) groups excluding carboxylic acids is 2. The van der Waals surface area contributed by atoms with Crippen molar-refractivity contribution in [3.63, 3.8) is 0 Å². The Morgan fingerprint density at radius 1 is 0.658 bits per heavy atom. The zero-order valence-electron chi connectivity index (χ0n) is 20.6. The maximum absolute atomic E-state index is 12.1. The number of para-hydroxylation sites is 4. The summed E-state index contributed by atoms with van der Waals surface area (Å²) in [5, 5.41) is 27.6. The molecule has 0 bridgehead atoms. The van der Waals surface area contributed by atoms with Crippen molar-refractivity contribution in [2.24, 2.45) is 0 Å². The molecule has 0 amide bonds. The van der Waals surface area contributed by atoms with Crippen LogP contribution in [0, 0.1) is 0 Å². The van der Waals surface area contributed by atoms with Crippen LogP contribution in [0.5, 0.6) is 11.5 Å². The molecule has 38 heavy (non-hydrogen) atoms. The summed E-state index contributed by atoms with van der Waals surface area (Å²) < 4.78 is 16.3. The molecule has 0 aliphatic rings.